The van der Waals surface area contributed by atoms with Gasteiger partial charge in [0.25, 0.3) is 0 Å². The highest BCUT2D eigenvalue weighted by molar-refractivity contribution is 5.90. The van der Waals surface area contributed by atoms with Gasteiger partial charge in [0.1, 0.15) is 11.6 Å². The van der Waals surface area contributed by atoms with Crippen molar-refractivity contribution in [3.63, 3.8) is 0 Å². The predicted molar refractivity (Wildman–Crippen MR) is 129 cm³/mol. The molecule has 2 aromatic carbocycles. The second kappa shape index (κ2) is 9.95. The van der Waals surface area contributed by atoms with E-state index in [9.17, 15) is 9.18 Å². The second-order valence-electron chi connectivity index (χ2n) is 8.99. The standard InChI is InChI=1S/C26H30FN5O2/c1-34-15-14-31-16-22(18-10-12-19(27)13-11-18)24(17-31)28-26(33)29-25-21-8-5-9-23(21)30-32(25)20-6-3-2-4-7-20/h2-4,6-7,10-13,22,24H,5,8-9,14-17H2,1H3,(H2,28,29,33)/t22-,24+/m0/s1. The third kappa shape index (κ3) is 4.69. The zero-order valence-corrected chi connectivity index (χ0v) is 19.3. The number of aromatic nitrogens is 2. The molecule has 0 unspecified atom stereocenters. The molecule has 2 N–H and O–H groups in total. The van der Waals surface area contributed by atoms with Crippen LogP contribution in [0, 0.1) is 5.82 Å². The van der Waals surface area contributed by atoms with Crippen molar-refractivity contribution < 1.29 is 13.9 Å². The average molecular weight is 464 g/mol. The van der Waals surface area contributed by atoms with Gasteiger partial charge >= 0.3 is 6.03 Å². The number of rotatable bonds is 7. The quantitative estimate of drug-likeness (QED) is 0.560. The van der Waals surface area contributed by atoms with Crippen LogP contribution in [0.1, 0.15) is 29.2 Å². The number of carbonyl (C=O) groups excluding carboxylic acids is 1. The Balaban J connectivity index is 1.35. The van der Waals surface area contributed by atoms with E-state index in [1.54, 1.807) is 7.11 Å². The van der Waals surface area contributed by atoms with Crippen LogP contribution in [0.5, 0.6) is 0 Å². The Kier molecular flexibility index (Phi) is 6.60. The topological polar surface area (TPSA) is 71.4 Å². The Morgan fingerprint density at radius 2 is 1.91 bits per heavy atom. The normalized spacial score (nSPS) is 19.8. The van der Waals surface area contributed by atoms with Gasteiger partial charge in [0, 0.05) is 38.2 Å². The Morgan fingerprint density at radius 1 is 1.12 bits per heavy atom. The predicted octanol–water partition coefficient (Wildman–Crippen LogP) is 3.74. The van der Waals surface area contributed by atoms with Crippen LogP contribution in [0.2, 0.25) is 0 Å². The van der Waals surface area contributed by atoms with Crippen LogP contribution >= 0.6 is 0 Å². The number of para-hydroxylation sites is 1. The summed E-state index contributed by atoms with van der Waals surface area (Å²) in [4.78, 5) is 15.5. The average Bonchev–Trinajstić information content (AvgIpc) is 3.55. The van der Waals surface area contributed by atoms with Gasteiger partial charge in [0.05, 0.1) is 24.0 Å². The minimum Gasteiger partial charge on any atom is -0.383 e. The highest BCUT2D eigenvalue weighted by Gasteiger charge is 2.35. The molecular formula is C26H30FN5O2. The summed E-state index contributed by atoms with van der Waals surface area (Å²) in [6.07, 6.45) is 2.88. The third-order valence-corrected chi connectivity index (χ3v) is 6.76. The molecule has 2 atom stereocenters. The van der Waals surface area contributed by atoms with Crippen LogP contribution in [0.3, 0.4) is 0 Å². The minimum atomic E-state index is -0.261. The number of nitrogens with zero attached hydrogens (tertiary/aromatic N) is 3. The van der Waals surface area contributed by atoms with E-state index in [0.717, 1.165) is 60.7 Å². The lowest BCUT2D eigenvalue weighted by molar-refractivity contribution is 0.159. The van der Waals surface area contributed by atoms with Crippen LogP contribution in [0.15, 0.2) is 54.6 Å². The number of nitrogens with one attached hydrogen (secondary N) is 2. The second-order valence-corrected chi connectivity index (χ2v) is 8.99. The minimum absolute atomic E-state index is 0.0629. The first kappa shape index (κ1) is 22.6. The highest BCUT2D eigenvalue weighted by atomic mass is 19.1. The van der Waals surface area contributed by atoms with Crippen molar-refractivity contribution in [3.8, 4) is 5.69 Å². The van der Waals surface area contributed by atoms with Crippen LogP contribution in [0.25, 0.3) is 5.69 Å². The van der Waals surface area contributed by atoms with E-state index >= 15 is 0 Å². The molecule has 178 valence electrons. The van der Waals surface area contributed by atoms with Crippen LogP contribution < -0.4 is 10.6 Å². The lowest BCUT2D eigenvalue weighted by Crippen LogP contribution is -2.42. The molecule has 0 saturated carbocycles. The fraction of sp³-hybridized carbons (Fsp3) is 0.385. The van der Waals surface area contributed by atoms with Crippen molar-refractivity contribution in [1.82, 2.24) is 20.0 Å². The molecule has 2 aliphatic rings. The summed E-state index contributed by atoms with van der Waals surface area (Å²) < 4.78 is 20.6. The monoisotopic (exact) mass is 463 g/mol. The third-order valence-electron chi connectivity index (χ3n) is 6.76. The number of aryl methyl sites for hydroxylation is 1. The lowest BCUT2D eigenvalue weighted by Gasteiger charge is -2.21. The van der Waals surface area contributed by atoms with Crippen LogP contribution in [-0.2, 0) is 17.6 Å². The van der Waals surface area contributed by atoms with Crippen LogP contribution in [-0.4, -0.2) is 60.1 Å². The van der Waals surface area contributed by atoms with Gasteiger partial charge in [-0.2, -0.15) is 5.10 Å². The molecule has 3 aromatic rings. The Hall–Kier alpha value is -3.23. The molecule has 0 radical (unpaired) electrons. The first-order chi connectivity index (χ1) is 16.6. The smallest absolute Gasteiger partial charge is 0.320 e. The fourth-order valence-electron chi connectivity index (χ4n) is 5.07. The van der Waals surface area contributed by atoms with E-state index in [4.69, 9.17) is 9.84 Å². The van der Waals surface area contributed by atoms with E-state index in [0.29, 0.717) is 13.2 Å². The van der Waals surface area contributed by atoms with Gasteiger partial charge in [-0.1, -0.05) is 30.3 Å². The number of ether oxygens (including phenoxy) is 1. The molecule has 8 heteroatoms. The maximum absolute atomic E-state index is 13.5. The van der Waals surface area contributed by atoms with Crippen molar-refractivity contribution in [2.45, 2.75) is 31.2 Å². The number of anilines is 1. The summed E-state index contributed by atoms with van der Waals surface area (Å²) in [5.74, 6) is 0.542. The molecule has 0 bridgehead atoms. The molecular weight excluding hydrogens is 433 g/mol. The van der Waals surface area contributed by atoms with Crippen molar-refractivity contribution in [2.24, 2.45) is 0 Å². The summed E-state index contributed by atoms with van der Waals surface area (Å²) in [5, 5.41) is 11.1. The molecule has 1 saturated heterocycles. The van der Waals surface area contributed by atoms with Crippen molar-refractivity contribution in [3.05, 3.63) is 77.2 Å². The summed E-state index contributed by atoms with van der Waals surface area (Å²) in [7, 11) is 1.69. The van der Waals surface area contributed by atoms with E-state index < -0.39 is 0 Å². The number of benzene rings is 2. The molecule has 5 rings (SSSR count). The number of urea groups is 1. The van der Waals surface area contributed by atoms with Gasteiger partial charge < -0.3 is 10.1 Å². The Bertz CT molecular complexity index is 1130. The molecule has 34 heavy (non-hydrogen) atoms. The number of hydrogen-bond acceptors (Lipinski definition) is 4. The van der Waals surface area contributed by atoms with Gasteiger partial charge in [0.15, 0.2) is 0 Å². The first-order valence-electron chi connectivity index (χ1n) is 11.8. The number of halogens is 1. The molecule has 1 aliphatic heterocycles. The zero-order chi connectivity index (χ0) is 23.5. The fourth-order valence-corrected chi connectivity index (χ4v) is 5.07. The maximum Gasteiger partial charge on any atom is 0.320 e. The summed E-state index contributed by atoms with van der Waals surface area (Å²) in [6.45, 7) is 2.88. The van der Waals surface area contributed by atoms with Gasteiger partial charge in [-0.15, -0.1) is 0 Å². The maximum atomic E-state index is 13.5. The van der Waals surface area contributed by atoms with Crippen molar-refractivity contribution in [1.29, 1.82) is 0 Å². The molecule has 2 heterocycles. The highest BCUT2D eigenvalue weighted by Crippen LogP contribution is 2.32. The largest absolute Gasteiger partial charge is 0.383 e. The summed E-state index contributed by atoms with van der Waals surface area (Å²) in [5.41, 5.74) is 4.10. The number of fused-ring (bicyclic) bond motifs is 1. The van der Waals surface area contributed by atoms with Crippen LogP contribution in [0.4, 0.5) is 15.0 Å². The molecule has 1 aromatic heterocycles. The van der Waals surface area contributed by atoms with Gasteiger partial charge in [-0.3, -0.25) is 10.2 Å². The molecule has 2 amide bonds. The number of amides is 2. The number of hydrogen-bond donors (Lipinski definition) is 2. The first-order valence-corrected chi connectivity index (χ1v) is 11.8. The number of likely N-dealkylation sites (tertiary alicyclic amines) is 1. The van der Waals surface area contributed by atoms with Gasteiger partial charge in [-0.05, 0) is 49.1 Å². The molecule has 7 nitrogen and oxygen atoms in total. The summed E-state index contributed by atoms with van der Waals surface area (Å²) in [6, 6.07) is 16.1. The van der Waals surface area contributed by atoms with E-state index in [-0.39, 0.29) is 23.8 Å². The van der Waals surface area contributed by atoms with E-state index in [1.165, 1.54) is 12.1 Å². The number of methoxy groups -OCH3 is 1. The zero-order valence-electron chi connectivity index (χ0n) is 19.3. The van der Waals surface area contributed by atoms with Gasteiger partial charge in [0.2, 0.25) is 0 Å². The SMILES string of the molecule is COCCN1C[C@@H](NC(=O)Nc2c3c(nn2-c2ccccc2)CCC3)[C@H](c2ccc(F)cc2)C1. The number of carbonyl (C=O) groups is 1. The lowest BCUT2D eigenvalue weighted by atomic mass is 9.94. The molecule has 1 fully saturated rings. The molecule has 0 spiro atoms. The Labute approximate surface area is 198 Å². The van der Waals surface area contributed by atoms with E-state index in [2.05, 4.69) is 15.5 Å². The van der Waals surface area contributed by atoms with Crippen molar-refractivity contribution >= 4 is 11.8 Å². The molecule has 1 aliphatic carbocycles. The van der Waals surface area contributed by atoms with Gasteiger partial charge in [-0.25, -0.2) is 13.9 Å². The van der Waals surface area contributed by atoms with E-state index in [1.807, 2.05) is 47.1 Å². The summed E-state index contributed by atoms with van der Waals surface area (Å²) >= 11 is 0. The van der Waals surface area contributed by atoms with Crippen molar-refractivity contribution in [2.75, 3.05) is 38.7 Å². The Morgan fingerprint density at radius 3 is 2.68 bits per heavy atom.